The lowest BCUT2D eigenvalue weighted by molar-refractivity contribution is -0.119. The van der Waals surface area contributed by atoms with Gasteiger partial charge in [0.1, 0.15) is 11.6 Å². The topological polar surface area (TPSA) is 81.4 Å². The number of amides is 2. The third kappa shape index (κ3) is 4.13. The minimum Gasteiger partial charge on any atom is -0.484 e. The van der Waals surface area contributed by atoms with Crippen molar-refractivity contribution in [2.24, 2.45) is 5.73 Å². The third-order valence-electron chi connectivity index (χ3n) is 3.46. The zero-order valence-electron chi connectivity index (χ0n) is 13.1. The molecule has 0 fully saturated rings. The Kier molecular flexibility index (Phi) is 4.95. The van der Waals surface area contributed by atoms with Crippen molar-refractivity contribution in [1.82, 2.24) is 5.32 Å². The lowest BCUT2D eigenvalue weighted by Crippen LogP contribution is -2.22. The predicted octanol–water partition coefficient (Wildman–Crippen LogP) is 2.83. The van der Waals surface area contributed by atoms with Crippen LogP contribution in [-0.4, -0.2) is 18.4 Å². The number of carbonyl (C=O) groups is 2. The third-order valence-corrected chi connectivity index (χ3v) is 4.56. The van der Waals surface area contributed by atoms with Crippen LogP contribution in [0, 0.1) is 5.82 Å². The first kappa shape index (κ1) is 16.9. The van der Waals surface area contributed by atoms with Gasteiger partial charge in [0.25, 0.3) is 11.8 Å². The second-order valence-corrected chi connectivity index (χ2v) is 6.43. The number of hydrogen-bond donors (Lipinski definition) is 2. The van der Waals surface area contributed by atoms with E-state index in [1.165, 1.54) is 17.4 Å². The van der Waals surface area contributed by atoms with Gasteiger partial charge in [-0.3, -0.25) is 9.59 Å². The highest BCUT2D eigenvalue weighted by Gasteiger charge is 2.12. The van der Waals surface area contributed by atoms with Crippen molar-refractivity contribution in [3.63, 3.8) is 0 Å². The number of thiophene rings is 1. The Hall–Kier alpha value is -2.93. The lowest BCUT2D eigenvalue weighted by atomic mass is 10.2. The molecule has 0 bridgehead atoms. The van der Waals surface area contributed by atoms with Gasteiger partial charge in [-0.2, -0.15) is 0 Å². The number of carbonyl (C=O) groups excluding carboxylic acids is 2. The van der Waals surface area contributed by atoms with Crippen LogP contribution in [0.1, 0.15) is 15.2 Å². The van der Waals surface area contributed by atoms with Crippen LogP contribution in [0.15, 0.2) is 48.5 Å². The summed E-state index contributed by atoms with van der Waals surface area (Å²) in [6, 6.07) is 13.3. The maximum atomic E-state index is 13.7. The zero-order chi connectivity index (χ0) is 17.8. The number of hydrogen-bond acceptors (Lipinski definition) is 4. The normalized spacial score (nSPS) is 10.6. The minimum atomic E-state index is -0.560. The van der Waals surface area contributed by atoms with Crippen LogP contribution in [0.25, 0.3) is 10.1 Å². The summed E-state index contributed by atoms with van der Waals surface area (Å²) in [5.41, 5.74) is 5.85. The van der Waals surface area contributed by atoms with Crippen LogP contribution in [-0.2, 0) is 11.3 Å². The SMILES string of the molecule is NC(=O)COc1cccc(CNC(=O)c2cc3c(F)cccc3s2)c1. The second-order valence-electron chi connectivity index (χ2n) is 5.35. The van der Waals surface area contributed by atoms with Crippen molar-refractivity contribution in [2.45, 2.75) is 6.54 Å². The maximum absolute atomic E-state index is 13.7. The molecule has 0 aliphatic heterocycles. The Balaban J connectivity index is 1.66. The van der Waals surface area contributed by atoms with Crippen molar-refractivity contribution < 1.29 is 18.7 Å². The standard InChI is InChI=1S/C18H15FN2O3S/c19-14-5-2-6-15-13(14)8-16(25-15)18(23)21-9-11-3-1-4-12(7-11)24-10-17(20)22/h1-8H,9-10H2,(H2,20,22)(H,21,23). The number of nitrogens with one attached hydrogen (secondary N) is 1. The molecule has 128 valence electrons. The molecule has 0 spiro atoms. The summed E-state index contributed by atoms with van der Waals surface area (Å²) < 4.78 is 19.7. The first-order valence-corrected chi connectivity index (χ1v) is 8.31. The van der Waals surface area contributed by atoms with Crippen LogP contribution >= 0.6 is 11.3 Å². The van der Waals surface area contributed by atoms with Crippen molar-refractivity contribution >= 4 is 33.2 Å². The molecule has 1 heterocycles. The molecule has 25 heavy (non-hydrogen) atoms. The molecular formula is C18H15FN2O3S. The Morgan fingerprint density at radius 1 is 1.16 bits per heavy atom. The van der Waals surface area contributed by atoms with Gasteiger partial charge in [-0.1, -0.05) is 18.2 Å². The highest BCUT2D eigenvalue weighted by atomic mass is 32.1. The summed E-state index contributed by atoms with van der Waals surface area (Å²) in [5, 5.41) is 3.23. The van der Waals surface area contributed by atoms with E-state index < -0.39 is 5.91 Å². The summed E-state index contributed by atoms with van der Waals surface area (Å²) in [4.78, 5) is 23.5. The molecule has 0 unspecified atom stereocenters. The highest BCUT2D eigenvalue weighted by Crippen LogP contribution is 2.27. The summed E-state index contributed by atoms with van der Waals surface area (Å²) in [6.07, 6.45) is 0. The Labute approximate surface area is 147 Å². The molecule has 5 nitrogen and oxygen atoms in total. The van der Waals surface area contributed by atoms with Gasteiger partial charge in [0.2, 0.25) is 0 Å². The fourth-order valence-electron chi connectivity index (χ4n) is 2.31. The summed E-state index contributed by atoms with van der Waals surface area (Å²) >= 11 is 1.24. The number of rotatable bonds is 6. The van der Waals surface area contributed by atoms with Crippen LogP contribution in [0.5, 0.6) is 5.75 Å². The van der Waals surface area contributed by atoms with Crippen LogP contribution < -0.4 is 15.8 Å². The summed E-state index contributed by atoms with van der Waals surface area (Å²) in [6.45, 7) is 0.0759. The smallest absolute Gasteiger partial charge is 0.261 e. The van der Waals surface area contributed by atoms with E-state index in [2.05, 4.69) is 5.32 Å². The van der Waals surface area contributed by atoms with Crippen LogP contribution in [0.2, 0.25) is 0 Å². The Bertz CT molecular complexity index is 939. The second kappa shape index (κ2) is 7.31. The van der Waals surface area contributed by atoms with Gasteiger partial charge in [0.05, 0.1) is 4.88 Å². The molecule has 3 aromatic rings. The van der Waals surface area contributed by atoms with E-state index in [-0.39, 0.29) is 24.9 Å². The Morgan fingerprint density at radius 3 is 2.72 bits per heavy atom. The molecule has 3 rings (SSSR count). The van der Waals surface area contributed by atoms with Gasteiger partial charge >= 0.3 is 0 Å². The molecule has 2 aromatic carbocycles. The van der Waals surface area contributed by atoms with E-state index in [9.17, 15) is 14.0 Å². The highest BCUT2D eigenvalue weighted by molar-refractivity contribution is 7.20. The Morgan fingerprint density at radius 2 is 1.96 bits per heavy atom. The van der Waals surface area contributed by atoms with Gasteiger partial charge in [-0.25, -0.2) is 4.39 Å². The number of fused-ring (bicyclic) bond motifs is 1. The maximum Gasteiger partial charge on any atom is 0.261 e. The molecule has 0 saturated carbocycles. The van der Waals surface area contributed by atoms with E-state index in [0.717, 1.165) is 10.3 Å². The van der Waals surface area contributed by atoms with Crippen molar-refractivity contribution in [1.29, 1.82) is 0 Å². The number of halogens is 1. The zero-order valence-corrected chi connectivity index (χ0v) is 13.9. The molecule has 1 aromatic heterocycles. The molecule has 3 N–H and O–H groups in total. The van der Waals surface area contributed by atoms with Gasteiger partial charge < -0.3 is 15.8 Å². The molecule has 0 radical (unpaired) electrons. The average Bonchev–Trinajstić information content (AvgIpc) is 3.04. The predicted molar refractivity (Wildman–Crippen MR) is 94.1 cm³/mol. The number of benzene rings is 2. The van der Waals surface area contributed by atoms with Crippen LogP contribution in [0.3, 0.4) is 0 Å². The van der Waals surface area contributed by atoms with E-state index in [0.29, 0.717) is 16.0 Å². The van der Waals surface area contributed by atoms with E-state index in [1.807, 2.05) is 6.07 Å². The monoisotopic (exact) mass is 358 g/mol. The van der Waals surface area contributed by atoms with E-state index >= 15 is 0 Å². The van der Waals surface area contributed by atoms with Crippen molar-refractivity contribution in [3.05, 3.63) is 64.8 Å². The van der Waals surface area contributed by atoms with E-state index in [1.54, 1.807) is 36.4 Å². The summed E-state index contributed by atoms with van der Waals surface area (Å²) in [5.74, 6) is -0.679. The van der Waals surface area contributed by atoms with Crippen molar-refractivity contribution in [2.75, 3.05) is 6.61 Å². The lowest BCUT2D eigenvalue weighted by Gasteiger charge is -2.07. The summed E-state index contributed by atoms with van der Waals surface area (Å²) in [7, 11) is 0. The quantitative estimate of drug-likeness (QED) is 0.711. The van der Waals surface area contributed by atoms with Gasteiger partial charge in [-0.15, -0.1) is 11.3 Å². The molecule has 7 heteroatoms. The fourth-order valence-corrected chi connectivity index (χ4v) is 3.30. The number of primary amides is 1. The first-order valence-electron chi connectivity index (χ1n) is 7.49. The molecular weight excluding hydrogens is 343 g/mol. The molecule has 0 aliphatic carbocycles. The van der Waals surface area contributed by atoms with E-state index in [4.69, 9.17) is 10.5 Å². The molecule has 0 aliphatic rings. The molecule has 2 amide bonds. The van der Waals surface area contributed by atoms with Crippen molar-refractivity contribution in [3.8, 4) is 5.75 Å². The molecule has 0 saturated heterocycles. The average molecular weight is 358 g/mol. The number of ether oxygens (including phenoxy) is 1. The van der Waals surface area contributed by atoms with Gasteiger partial charge in [0, 0.05) is 16.6 Å². The van der Waals surface area contributed by atoms with Gasteiger partial charge in [0.15, 0.2) is 6.61 Å². The molecule has 0 atom stereocenters. The van der Waals surface area contributed by atoms with Crippen LogP contribution in [0.4, 0.5) is 4.39 Å². The number of nitrogens with two attached hydrogens (primary N) is 1. The first-order chi connectivity index (χ1) is 12.0. The fraction of sp³-hybridized carbons (Fsp3) is 0.111. The van der Waals surface area contributed by atoms with Gasteiger partial charge in [-0.05, 0) is 35.9 Å². The minimum absolute atomic E-state index is 0.205. The largest absolute Gasteiger partial charge is 0.484 e.